The maximum absolute atomic E-state index is 12.0. The second-order valence-electron chi connectivity index (χ2n) is 4.87. The van der Waals surface area contributed by atoms with E-state index in [-0.39, 0.29) is 5.41 Å². The van der Waals surface area contributed by atoms with E-state index in [4.69, 9.17) is 5.73 Å². The molecule has 4 heteroatoms. The second-order valence-corrected chi connectivity index (χ2v) is 4.87. The lowest BCUT2D eigenvalue weighted by atomic mass is 9.66. The van der Waals surface area contributed by atoms with Crippen molar-refractivity contribution in [3.8, 4) is 0 Å². The molecule has 0 atom stereocenters. The van der Waals surface area contributed by atoms with Gasteiger partial charge in [-0.1, -0.05) is 6.42 Å². The molecule has 2 rings (SSSR count). The summed E-state index contributed by atoms with van der Waals surface area (Å²) in [7, 11) is 0. The molecular formula is C11H21N3O. The molecule has 0 radical (unpaired) electrons. The van der Waals surface area contributed by atoms with Crippen molar-refractivity contribution in [2.24, 2.45) is 11.1 Å². The average molecular weight is 211 g/mol. The van der Waals surface area contributed by atoms with Gasteiger partial charge in [-0.2, -0.15) is 0 Å². The molecule has 2 fully saturated rings. The highest BCUT2D eigenvalue weighted by Crippen LogP contribution is 2.43. The van der Waals surface area contributed by atoms with Gasteiger partial charge in [-0.15, -0.1) is 0 Å². The van der Waals surface area contributed by atoms with Crippen molar-refractivity contribution in [3.05, 3.63) is 0 Å². The number of piperazine rings is 1. The Morgan fingerprint density at radius 1 is 1.33 bits per heavy atom. The largest absolute Gasteiger partial charge is 0.340 e. The third kappa shape index (κ3) is 2.32. The van der Waals surface area contributed by atoms with Crippen LogP contribution in [0.2, 0.25) is 0 Å². The maximum Gasteiger partial charge on any atom is 0.223 e. The molecule has 0 aromatic carbocycles. The Hall–Kier alpha value is -0.610. The van der Waals surface area contributed by atoms with Gasteiger partial charge in [0.2, 0.25) is 5.91 Å². The lowest BCUT2D eigenvalue weighted by Gasteiger charge is -2.42. The molecule has 0 spiro atoms. The number of nitrogens with zero attached hydrogens (tertiary/aromatic N) is 1. The summed E-state index contributed by atoms with van der Waals surface area (Å²) in [4.78, 5) is 14.0. The molecule has 2 aliphatic rings. The first-order chi connectivity index (χ1) is 7.26. The van der Waals surface area contributed by atoms with Crippen LogP contribution < -0.4 is 11.1 Å². The normalized spacial score (nSPS) is 24.7. The van der Waals surface area contributed by atoms with Crippen LogP contribution in [0.25, 0.3) is 0 Å². The summed E-state index contributed by atoms with van der Waals surface area (Å²) in [5.41, 5.74) is 5.92. The summed E-state index contributed by atoms with van der Waals surface area (Å²) in [5.74, 6) is 0.307. The molecule has 0 bridgehead atoms. The van der Waals surface area contributed by atoms with Crippen molar-refractivity contribution in [1.29, 1.82) is 0 Å². The van der Waals surface area contributed by atoms with Gasteiger partial charge in [0.1, 0.15) is 0 Å². The molecular weight excluding hydrogens is 190 g/mol. The van der Waals surface area contributed by atoms with Gasteiger partial charge in [0.25, 0.3) is 0 Å². The number of hydrogen-bond acceptors (Lipinski definition) is 3. The molecule has 1 amide bonds. The van der Waals surface area contributed by atoms with E-state index in [1.54, 1.807) is 0 Å². The van der Waals surface area contributed by atoms with Crippen LogP contribution in [0.4, 0.5) is 0 Å². The van der Waals surface area contributed by atoms with Gasteiger partial charge < -0.3 is 16.0 Å². The Morgan fingerprint density at radius 2 is 2.00 bits per heavy atom. The first-order valence-corrected chi connectivity index (χ1v) is 5.94. The summed E-state index contributed by atoms with van der Waals surface area (Å²) in [6.45, 7) is 4.26. The van der Waals surface area contributed by atoms with Gasteiger partial charge in [-0.25, -0.2) is 0 Å². The minimum atomic E-state index is 0.155. The zero-order chi connectivity index (χ0) is 10.7. The van der Waals surface area contributed by atoms with E-state index in [0.717, 1.165) is 39.0 Å². The molecule has 1 heterocycles. The molecule has 1 aliphatic carbocycles. The fourth-order valence-corrected chi connectivity index (χ4v) is 2.48. The topological polar surface area (TPSA) is 58.4 Å². The molecule has 1 saturated carbocycles. The fourth-order valence-electron chi connectivity index (χ4n) is 2.48. The SMILES string of the molecule is NCC1(CC(=O)N2CCNCC2)CCC1. The van der Waals surface area contributed by atoms with Gasteiger partial charge in [0, 0.05) is 32.6 Å². The monoisotopic (exact) mass is 211 g/mol. The number of amides is 1. The van der Waals surface area contributed by atoms with Gasteiger partial charge in [-0.3, -0.25) is 4.79 Å². The molecule has 15 heavy (non-hydrogen) atoms. The predicted molar refractivity (Wildman–Crippen MR) is 59.4 cm³/mol. The van der Waals surface area contributed by atoms with Crippen LogP contribution in [0.5, 0.6) is 0 Å². The third-order valence-electron chi connectivity index (χ3n) is 3.84. The lowest BCUT2D eigenvalue weighted by molar-refractivity contribution is -0.135. The molecule has 1 aliphatic heterocycles. The first kappa shape index (κ1) is 10.9. The molecule has 0 aromatic heterocycles. The van der Waals surface area contributed by atoms with Crippen LogP contribution in [0.1, 0.15) is 25.7 Å². The van der Waals surface area contributed by atoms with E-state index in [2.05, 4.69) is 5.32 Å². The number of carbonyl (C=O) groups is 1. The van der Waals surface area contributed by atoms with Gasteiger partial charge in [0.15, 0.2) is 0 Å². The number of hydrogen-bond donors (Lipinski definition) is 2. The summed E-state index contributed by atoms with van der Waals surface area (Å²) in [6, 6.07) is 0. The average Bonchev–Trinajstić information content (AvgIpc) is 2.24. The standard InChI is InChI=1S/C11H21N3O/c12-9-11(2-1-3-11)8-10(15)14-6-4-13-5-7-14/h13H,1-9,12H2. The van der Waals surface area contributed by atoms with Crippen LogP contribution >= 0.6 is 0 Å². The highest BCUT2D eigenvalue weighted by molar-refractivity contribution is 5.77. The van der Waals surface area contributed by atoms with Crippen LogP contribution in [0.15, 0.2) is 0 Å². The van der Waals surface area contributed by atoms with E-state index < -0.39 is 0 Å². The fraction of sp³-hybridized carbons (Fsp3) is 0.909. The third-order valence-corrected chi connectivity index (χ3v) is 3.84. The highest BCUT2D eigenvalue weighted by Gasteiger charge is 2.38. The van der Waals surface area contributed by atoms with Crippen LogP contribution in [0.3, 0.4) is 0 Å². The quantitative estimate of drug-likeness (QED) is 0.687. The number of nitrogens with two attached hydrogens (primary N) is 1. The van der Waals surface area contributed by atoms with Crippen molar-refractivity contribution in [3.63, 3.8) is 0 Å². The van der Waals surface area contributed by atoms with Gasteiger partial charge >= 0.3 is 0 Å². The summed E-state index contributed by atoms with van der Waals surface area (Å²) >= 11 is 0. The van der Waals surface area contributed by atoms with Gasteiger partial charge in [0.05, 0.1) is 0 Å². The first-order valence-electron chi connectivity index (χ1n) is 5.94. The Labute approximate surface area is 91.2 Å². The van der Waals surface area contributed by atoms with Crippen molar-refractivity contribution in [2.45, 2.75) is 25.7 Å². The number of rotatable bonds is 3. The lowest BCUT2D eigenvalue weighted by Crippen LogP contribution is -2.49. The summed E-state index contributed by atoms with van der Waals surface area (Å²) < 4.78 is 0. The molecule has 86 valence electrons. The molecule has 1 saturated heterocycles. The molecule has 4 nitrogen and oxygen atoms in total. The van der Waals surface area contributed by atoms with Gasteiger partial charge in [-0.05, 0) is 24.8 Å². The van der Waals surface area contributed by atoms with Crippen molar-refractivity contribution >= 4 is 5.91 Å². The van der Waals surface area contributed by atoms with E-state index in [1.807, 2.05) is 4.90 Å². The predicted octanol–water partition coefficient (Wildman–Crippen LogP) is -0.0627. The van der Waals surface area contributed by atoms with Crippen molar-refractivity contribution in [2.75, 3.05) is 32.7 Å². The minimum Gasteiger partial charge on any atom is -0.340 e. The van der Waals surface area contributed by atoms with Crippen LogP contribution in [0, 0.1) is 5.41 Å². The van der Waals surface area contributed by atoms with E-state index >= 15 is 0 Å². The van der Waals surface area contributed by atoms with E-state index in [0.29, 0.717) is 18.9 Å². The molecule has 3 N–H and O–H groups in total. The second kappa shape index (κ2) is 4.49. The number of nitrogens with one attached hydrogen (secondary N) is 1. The maximum atomic E-state index is 12.0. The van der Waals surface area contributed by atoms with E-state index in [1.165, 1.54) is 6.42 Å². The summed E-state index contributed by atoms with van der Waals surface area (Å²) in [5, 5.41) is 3.26. The molecule has 0 unspecified atom stereocenters. The number of carbonyl (C=O) groups excluding carboxylic acids is 1. The zero-order valence-electron chi connectivity index (χ0n) is 9.30. The minimum absolute atomic E-state index is 0.155. The summed E-state index contributed by atoms with van der Waals surface area (Å²) in [6.07, 6.45) is 4.19. The van der Waals surface area contributed by atoms with Crippen molar-refractivity contribution < 1.29 is 4.79 Å². The van der Waals surface area contributed by atoms with E-state index in [9.17, 15) is 4.79 Å². The molecule has 0 aromatic rings. The highest BCUT2D eigenvalue weighted by atomic mass is 16.2. The zero-order valence-corrected chi connectivity index (χ0v) is 9.30. The Kier molecular flexibility index (Phi) is 3.26. The Bertz CT molecular complexity index is 226. The Balaban J connectivity index is 1.85. The van der Waals surface area contributed by atoms with Crippen molar-refractivity contribution in [1.82, 2.24) is 10.2 Å². The smallest absolute Gasteiger partial charge is 0.223 e. The van der Waals surface area contributed by atoms with Crippen LogP contribution in [-0.2, 0) is 4.79 Å². The Morgan fingerprint density at radius 3 is 2.47 bits per heavy atom. The van der Waals surface area contributed by atoms with Crippen LogP contribution in [-0.4, -0.2) is 43.5 Å².